The van der Waals surface area contributed by atoms with E-state index in [0.29, 0.717) is 52.7 Å². The van der Waals surface area contributed by atoms with E-state index in [1.807, 2.05) is 54.2 Å². The molecule has 45 heavy (non-hydrogen) atoms. The molecule has 1 heterocycles. The lowest BCUT2D eigenvalue weighted by Crippen LogP contribution is -2.32. The number of rotatable bonds is 14. The Morgan fingerprint density at radius 1 is 1.02 bits per heavy atom. The Hall–Kier alpha value is -4.31. The number of pyridine rings is 1. The third-order valence-electron chi connectivity index (χ3n) is 8.07. The molecular formula is C35H38FN5O3S. The van der Waals surface area contributed by atoms with Crippen LogP contribution < -0.4 is 21.1 Å². The highest BCUT2D eigenvalue weighted by atomic mass is 32.2. The number of para-hydroxylation sites is 1. The number of thioether (sulfide) groups is 1. The predicted octanol–water partition coefficient (Wildman–Crippen LogP) is 6.64. The van der Waals surface area contributed by atoms with E-state index in [4.69, 9.17) is 10.5 Å². The first-order valence-electron chi connectivity index (χ1n) is 15.4. The van der Waals surface area contributed by atoms with E-state index in [1.165, 1.54) is 25.7 Å². The molecule has 0 radical (unpaired) electrons. The number of nitrogens with one attached hydrogen (secondary N) is 2. The second-order valence-corrected chi connectivity index (χ2v) is 13.2. The number of aryl methyl sites for hydroxylation is 1. The molecule has 2 aliphatic rings. The Labute approximate surface area is 266 Å². The summed E-state index contributed by atoms with van der Waals surface area (Å²) in [6, 6.07) is 19.0. The van der Waals surface area contributed by atoms with Crippen LogP contribution in [0.1, 0.15) is 43.2 Å². The Balaban J connectivity index is 1.06. The van der Waals surface area contributed by atoms with Crippen molar-refractivity contribution in [3.8, 4) is 5.75 Å². The Bertz CT molecular complexity index is 1710. The van der Waals surface area contributed by atoms with Gasteiger partial charge in [0.2, 0.25) is 11.8 Å². The zero-order valence-electron chi connectivity index (χ0n) is 25.4. The van der Waals surface area contributed by atoms with Gasteiger partial charge in [0.25, 0.3) is 0 Å². The molecule has 0 atom stereocenters. The normalized spacial score (nSPS) is 14.3. The molecule has 2 saturated carbocycles. The van der Waals surface area contributed by atoms with Crippen molar-refractivity contribution in [3.05, 3.63) is 83.8 Å². The van der Waals surface area contributed by atoms with Crippen molar-refractivity contribution in [1.82, 2.24) is 9.88 Å². The van der Waals surface area contributed by atoms with Gasteiger partial charge in [-0.1, -0.05) is 18.2 Å². The fourth-order valence-electron chi connectivity index (χ4n) is 5.07. The molecule has 0 spiro atoms. The third kappa shape index (κ3) is 8.25. The zero-order chi connectivity index (χ0) is 31.3. The lowest BCUT2D eigenvalue weighted by Gasteiger charge is -2.21. The molecule has 4 N–H and O–H groups in total. The Morgan fingerprint density at radius 2 is 1.82 bits per heavy atom. The summed E-state index contributed by atoms with van der Waals surface area (Å²) in [6.45, 7) is 1.16. The number of ether oxygens (including phenoxy) is 1. The number of nitrogen functional groups attached to an aromatic ring is 1. The summed E-state index contributed by atoms with van der Waals surface area (Å²) in [5.41, 5.74) is 9.21. The Kier molecular flexibility index (Phi) is 9.39. The molecule has 0 unspecified atom stereocenters. The van der Waals surface area contributed by atoms with Gasteiger partial charge in [-0.05, 0) is 91.6 Å². The SMILES string of the molecule is CN(Cc1cc(NC(=O)CCc2ccccc2OCC2CC2)ccc1SC1CC1)C(=O)CNc1ccc2c(N)ncc(F)c2c1. The molecule has 0 aliphatic heterocycles. The quantitative estimate of drug-likeness (QED) is 0.144. The topological polar surface area (TPSA) is 110 Å². The van der Waals surface area contributed by atoms with E-state index in [0.717, 1.165) is 34.6 Å². The maximum absolute atomic E-state index is 14.3. The van der Waals surface area contributed by atoms with Gasteiger partial charge in [0.05, 0.1) is 19.3 Å². The average molecular weight is 628 g/mol. The van der Waals surface area contributed by atoms with Crippen LogP contribution in [0.15, 0.2) is 71.8 Å². The number of nitrogens with two attached hydrogens (primary N) is 1. The fourth-order valence-corrected chi connectivity index (χ4v) is 6.23. The summed E-state index contributed by atoms with van der Waals surface area (Å²) in [4.78, 5) is 32.7. The molecular weight excluding hydrogens is 589 g/mol. The highest BCUT2D eigenvalue weighted by Crippen LogP contribution is 2.41. The number of halogens is 1. The van der Waals surface area contributed by atoms with Gasteiger partial charge in [0.15, 0.2) is 0 Å². The van der Waals surface area contributed by atoms with Gasteiger partial charge in [0.1, 0.15) is 17.4 Å². The second kappa shape index (κ2) is 13.8. The average Bonchev–Trinajstić information content (AvgIpc) is 3.98. The molecule has 2 fully saturated rings. The molecule has 0 bridgehead atoms. The van der Waals surface area contributed by atoms with Crippen molar-refractivity contribution in [2.45, 2.75) is 55.2 Å². The number of likely N-dealkylation sites (N-methyl/N-ethyl adjacent to an activating group) is 1. The highest BCUT2D eigenvalue weighted by Gasteiger charge is 2.25. The van der Waals surface area contributed by atoms with Gasteiger partial charge >= 0.3 is 0 Å². The summed E-state index contributed by atoms with van der Waals surface area (Å²) < 4.78 is 20.3. The van der Waals surface area contributed by atoms with E-state index < -0.39 is 5.82 Å². The minimum Gasteiger partial charge on any atom is -0.493 e. The second-order valence-electron chi connectivity index (χ2n) is 11.9. The first-order chi connectivity index (χ1) is 21.8. The minimum atomic E-state index is -0.471. The number of hydrogen-bond acceptors (Lipinski definition) is 7. The van der Waals surface area contributed by atoms with Crippen LogP contribution in [-0.4, -0.2) is 47.1 Å². The van der Waals surface area contributed by atoms with Crippen molar-refractivity contribution < 1.29 is 18.7 Å². The van der Waals surface area contributed by atoms with E-state index in [-0.39, 0.29) is 24.2 Å². The Morgan fingerprint density at radius 3 is 2.62 bits per heavy atom. The number of aromatic nitrogens is 1. The predicted molar refractivity (Wildman–Crippen MR) is 178 cm³/mol. The largest absolute Gasteiger partial charge is 0.493 e. The van der Waals surface area contributed by atoms with E-state index in [2.05, 4.69) is 15.6 Å². The minimum absolute atomic E-state index is 0.0392. The van der Waals surface area contributed by atoms with Crippen molar-refractivity contribution in [3.63, 3.8) is 0 Å². The van der Waals surface area contributed by atoms with Crippen LogP contribution in [-0.2, 0) is 22.6 Å². The van der Waals surface area contributed by atoms with Crippen LogP contribution in [0.4, 0.5) is 21.6 Å². The monoisotopic (exact) mass is 627 g/mol. The molecule has 8 nitrogen and oxygen atoms in total. The van der Waals surface area contributed by atoms with Gasteiger partial charge in [-0.3, -0.25) is 9.59 Å². The van der Waals surface area contributed by atoms with Crippen LogP contribution in [0.25, 0.3) is 10.8 Å². The van der Waals surface area contributed by atoms with Crippen LogP contribution in [0.3, 0.4) is 0 Å². The van der Waals surface area contributed by atoms with Crippen molar-refractivity contribution in [2.24, 2.45) is 5.92 Å². The molecule has 234 valence electrons. The fraction of sp³-hybridized carbons (Fsp3) is 0.343. The summed E-state index contributed by atoms with van der Waals surface area (Å²) in [5, 5.41) is 7.62. The van der Waals surface area contributed by atoms with Crippen LogP contribution >= 0.6 is 11.8 Å². The van der Waals surface area contributed by atoms with Crippen LogP contribution in [0.2, 0.25) is 0 Å². The maximum Gasteiger partial charge on any atom is 0.241 e. The standard InChI is InChI=1S/C35H38FN5O3S/c1-41(34(43)19-38-25-9-13-28-29(17-25)30(36)18-39-35(28)37)20-24-16-26(10-14-32(24)45-27-11-12-27)40-33(42)15-8-23-4-2-3-5-31(23)44-21-22-6-7-22/h2-5,9-10,13-14,16-18,22,27,38H,6-8,11-12,15,19-21H2,1H3,(H2,37,39)(H,40,42). The summed E-state index contributed by atoms with van der Waals surface area (Å²) in [5.74, 6) is 1.12. The number of carbonyl (C=O) groups excluding carboxylic acids is 2. The molecule has 2 amide bonds. The molecule has 2 aliphatic carbocycles. The van der Waals surface area contributed by atoms with Gasteiger partial charge in [-0.25, -0.2) is 9.37 Å². The number of fused-ring (bicyclic) bond motifs is 1. The lowest BCUT2D eigenvalue weighted by atomic mass is 10.1. The first kappa shape index (κ1) is 30.7. The summed E-state index contributed by atoms with van der Waals surface area (Å²) in [6.07, 6.45) is 6.85. The smallest absolute Gasteiger partial charge is 0.241 e. The van der Waals surface area contributed by atoms with Gasteiger partial charge in [0, 0.05) is 52.3 Å². The molecule has 1 aromatic heterocycles. The van der Waals surface area contributed by atoms with Crippen LogP contribution in [0.5, 0.6) is 5.75 Å². The number of hydrogen-bond donors (Lipinski definition) is 3. The molecule has 4 aromatic rings. The number of amides is 2. The van der Waals surface area contributed by atoms with Gasteiger partial charge in [-0.2, -0.15) is 0 Å². The van der Waals surface area contributed by atoms with Crippen molar-refractivity contribution in [2.75, 3.05) is 36.6 Å². The maximum atomic E-state index is 14.3. The molecule has 3 aromatic carbocycles. The number of anilines is 3. The first-order valence-corrected chi connectivity index (χ1v) is 16.3. The lowest BCUT2D eigenvalue weighted by molar-refractivity contribution is -0.128. The van der Waals surface area contributed by atoms with E-state index in [9.17, 15) is 14.0 Å². The number of benzene rings is 3. The highest BCUT2D eigenvalue weighted by molar-refractivity contribution is 8.00. The van der Waals surface area contributed by atoms with E-state index >= 15 is 0 Å². The van der Waals surface area contributed by atoms with Crippen molar-refractivity contribution in [1.29, 1.82) is 0 Å². The zero-order valence-corrected chi connectivity index (χ0v) is 26.2. The summed E-state index contributed by atoms with van der Waals surface area (Å²) >= 11 is 1.82. The third-order valence-corrected chi connectivity index (χ3v) is 9.53. The molecule has 10 heteroatoms. The molecule has 6 rings (SSSR count). The number of carbonyl (C=O) groups is 2. The van der Waals surface area contributed by atoms with Gasteiger partial charge in [-0.15, -0.1) is 11.8 Å². The van der Waals surface area contributed by atoms with Gasteiger partial charge < -0.3 is 26.0 Å². The van der Waals surface area contributed by atoms with Crippen molar-refractivity contribution >= 4 is 51.5 Å². The summed E-state index contributed by atoms with van der Waals surface area (Å²) in [7, 11) is 1.76. The van der Waals surface area contributed by atoms with E-state index in [1.54, 1.807) is 30.1 Å². The number of nitrogens with zero attached hydrogens (tertiary/aromatic N) is 2. The molecule has 0 saturated heterocycles. The van der Waals surface area contributed by atoms with Crippen LogP contribution in [0, 0.1) is 11.7 Å².